The van der Waals surface area contributed by atoms with Gasteiger partial charge in [-0.15, -0.1) is 35.3 Å². The summed E-state index contributed by atoms with van der Waals surface area (Å²) in [6, 6.07) is 5.71. The number of nitrogens with zero attached hydrogens (tertiary/aromatic N) is 2. The van der Waals surface area contributed by atoms with Gasteiger partial charge in [0.15, 0.2) is 11.7 Å². The van der Waals surface area contributed by atoms with Gasteiger partial charge in [-0.2, -0.15) is 13.2 Å². The Hall–Kier alpha value is -1.53. The Bertz CT molecular complexity index is 970. The quantitative estimate of drug-likeness (QED) is 0.230. The summed E-state index contributed by atoms with van der Waals surface area (Å²) in [5, 5.41) is 9.53. The van der Waals surface area contributed by atoms with Crippen LogP contribution in [0.15, 0.2) is 34.8 Å². The lowest BCUT2D eigenvalue weighted by Gasteiger charge is -2.11. The number of hydrogen-bond acceptors (Lipinski definition) is 3. The predicted octanol–water partition coefficient (Wildman–Crippen LogP) is 4.86. The Kier molecular flexibility index (Phi) is 8.58. The van der Waals surface area contributed by atoms with E-state index in [-0.39, 0.29) is 24.0 Å². The first kappa shape index (κ1) is 23.7. The zero-order chi connectivity index (χ0) is 20.1. The Morgan fingerprint density at radius 3 is 2.62 bits per heavy atom. The first-order chi connectivity index (χ1) is 13.4. The summed E-state index contributed by atoms with van der Waals surface area (Å²) in [7, 11) is 1.64. The second-order valence-corrected chi connectivity index (χ2v) is 7.43. The van der Waals surface area contributed by atoms with E-state index in [1.807, 2.05) is 24.4 Å². The standard InChI is InChI=1S/C18H19ClF3N5S.HI/c1-23-17(25-7-5-16-27-15(10-28-16)18(20,21)22)24-6-4-11-9-26-14-3-2-12(19)8-13(11)14;/h2-3,8-10,26H,4-7H2,1H3,(H2,23,24,25);1H. The number of H-pyrrole nitrogens is 1. The van der Waals surface area contributed by atoms with Crippen LogP contribution in [-0.4, -0.2) is 36.1 Å². The topological polar surface area (TPSA) is 65.1 Å². The molecular formula is C18H20ClF3IN5S. The average Bonchev–Trinajstić information content (AvgIpc) is 3.27. The van der Waals surface area contributed by atoms with Crippen LogP contribution in [0.5, 0.6) is 0 Å². The Labute approximate surface area is 192 Å². The number of rotatable bonds is 6. The molecule has 0 saturated heterocycles. The number of guanidine groups is 1. The van der Waals surface area contributed by atoms with Crippen LogP contribution >= 0.6 is 46.9 Å². The van der Waals surface area contributed by atoms with Crippen LogP contribution in [0.2, 0.25) is 5.02 Å². The van der Waals surface area contributed by atoms with Crippen LogP contribution in [0.3, 0.4) is 0 Å². The summed E-state index contributed by atoms with van der Waals surface area (Å²) < 4.78 is 37.7. The average molecular weight is 558 g/mol. The zero-order valence-corrected chi connectivity index (χ0v) is 19.3. The van der Waals surface area contributed by atoms with Gasteiger partial charge in [0, 0.05) is 54.1 Å². The number of fused-ring (bicyclic) bond motifs is 1. The highest BCUT2D eigenvalue weighted by molar-refractivity contribution is 14.0. The van der Waals surface area contributed by atoms with E-state index in [4.69, 9.17) is 11.6 Å². The maximum absolute atomic E-state index is 12.6. The number of thiazole rings is 1. The molecule has 11 heteroatoms. The van der Waals surface area contributed by atoms with Gasteiger partial charge < -0.3 is 15.6 Å². The fourth-order valence-corrected chi connectivity index (χ4v) is 3.71. The molecule has 2 aromatic heterocycles. The first-order valence-electron chi connectivity index (χ1n) is 8.58. The highest BCUT2D eigenvalue weighted by atomic mass is 127. The van der Waals surface area contributed by atoms with Crippen LogP contribution in [-0.2, 0) is 19.0 Å². The molecule has 0 aliphatic heterocycles. The van der Waals surface area contributed by atoms with Crippen LogP contribution in [0, 0.1) is 0 Å². The number of aliphatic imine (C=N–C) groups is 1. The van der Waals surface area contributed by atoms with Gasteiger partial charge in [-0.1, -0.05) is 11.6 Å². The van der Waals surface area contributed by atoms with Gasteiger partial charge in [0.1, 0.15) is 0 Å². The van der Waals surface area contributed by atoms with E-state index in [1.165, 1.54) is 0 Å². The molecule has 3 N–H and O–H groups in total. The van der Waals surface area contributed by atoms with Crippen molar-refractivity contribution in [3.05, 3.63) is 51.1 Å². The van der Waals surface area contributed by atoms with Crippen molar-refractivity contribution >= 4 is 63.8 Å². The lowest BCUT2D eigenvalue weighted by Crippen LogP contribution is -2.39. The molecule has 0 unspecified atom stereocenters. The fourth-order valence-electron chi connectivity index (χ4n) is 2.74. The molecule has 5 nitrogen and oxygen atoms in total. The molecule has 0 aliphatic carbocycles. The van der Waals surface area contributed by atoms with Gasteiger partial charge in [0.05, 0.1) is 5.01 Å². The van der Waals surface area contributed by atoms with Crippen LogP contribution < -0.4 is 10.6 Å². The molecule has 0 amide bonds. The Morgan fingerprint density at radius 2 is 1.97 bits per heavy atom. The largest absolute Gasteiger partial charge is 0.434 e. The minimum absolute atomic E-state index is 0. The van der Waals surface area contributed by atoms with Crippen molar-refractivity contribution < 1.29 is 13.2 Å². The molecule has 0 bridgehead atoms. The number of nitrogens with one attached hydrogen (secondary N) is 3. The van der Waals surface area contributed by atoms with Crippen molar-refractivity contribution in [3.63, 3.8) is 0 Å². The number of hydrogen-bond donors (Lipinski definition) is 3. The van der Waals surface area contributed by atoms with Gasteiger partial charge >= 0.3 is 6.18 Å². The maximum atomic E-state index is 12.6. The lowest BCUT2D eigenvalue weighted by molar-refractivity contribution is -0.140. The smallest absolute Gasteiger partial charge is 0.361 e. The monoisotopic (exact) mass is 557 g/mol. The van der Waals surface area contributed by atoms with E-state index in [0.29, 0.717) is 35.5 Å². The molecule has 29 heavy (non-hydrogen) atoms. The summed E-state index contributed by atoms with van der Waals surface area (Å²) >= 11 is 7.07. The fraction of sp³-hybridized carbons (Fsp3) is 0.333. The molecule has 3 rings (SSSR count). The molecule has 0 fully saturated rings. The molecular weight excluding hydrogens is 538 g/mol. The van der Waals surface area contributed by atoms with Gasteiger partial charge in [-0.3, -0.25) is 4.99 Å². The highest BCUT2D eigenvalue weighted by Crippen LogP contribution is 2.30. The molecule has 2 heterocycles. The van der Waals surface area contributed by atoms with Gasteiger partial charge in [0.25, 0.3) is 0 Å². The van der Waals surface area contributed by atoms with E-state index in [2.05, 4.69) is 25.6 Å². The van der Waals surface area contributed by atoms with Crippen molar-refractivity contribution in [1.82, 2.24) is 20.6 Å². The number of aromatic amines is 1. The van der Waals surface area contributed by atoms with Crippen LogP contribution in [0.4, 0.5) is 13.2 Å². The van der Waals surface area contributed by atoms with E-state index in [0.717, 1.165) is 39.6 Å². The first-order valence-corrected chi connectivity index (χ1v) is 9.84. The van der Waals surface area contributed by atoms with Crippen LogP contribution in [0.1, 0.15) is 16.3 Å². The molecule has 0 aliphatic rings. The van der Waals surface area contributed by atoms with Crippen molar-refractivity contribution in [2.75, 3.05) is 20.1 Å². The normalized spacial score (nSPS) is 12.1. The van der Waals surface area contributed by atoms with Crippen molar-refractivity contribution in [2.45, 2.75) is 19.0 Å². The van der Waals surface area contributed by atoms with Crippen molar-refractivity contribution in [1.29, 1.82) is 0 Å². The zero-order valence-electron chi connectivity index (χ0n) is 15.4. The van der Waals surface area contributed by atoms with Crippen LogP contribution in [0.25, 0.3) is 10.9 Å². The van der Waals surface area contributed by atoms with Gasteiger partial charge in [-0.25, -0.2) is 4.98 Å². The minimum atomic E-state index is -4.40. The summed E-state index contributed by atoms with van der Waals surface area (Å²) in [6.07, 6.45) is -1.28. The SMILES string of the molecule is CN=C(NCCc1nc(C(F)(F)F)cs1)NCCc1c[nH]c2ccc(Cl)cc12.I. The van der Waals surface area contributed by atoms with E-state index >= 15 is 0 Å². The minimum Gasteiger partial charge on any atom is -0.361 e. The van der Waals surface area contributed by atoms with E-state index in [9.17, 15) is 13.2 Å². The lowest BCUT2D eigenvalue weighted by atomic mass is 10.1. The highest BCUT2D eigenvalue weighted by Gasteiger charge is 2.33. The second-order valence-electron chi connectivity index (χ2n) is 6.05. The third-order valence-electron chi connectivity index (χ3n) is 4.11. The summed E-state index contributed by atoms with van der Waals surface area (Å²) in [5.74, 6) is 0.588. The van der Waals surface area contributed by atoms with Gasteiger partial charge in [-0.05, 0) is 30.2 Å². The molecule has 0 saturated carbocycles. The number of benzene rings is 1. The number of aromatic nitrogens is 2. The van der Waals surface area contributed by atoms with Crippen molar-refractivity contribution in [2.24, 2.45) is 4.99 Å². The molecule has 158 valence electrons. The number of halogens is 5. The second kappa shape index (κ2) is 10.5. The summed E-state index contributed by atoms with van der Waals surface area (Å²) in [4.78, 5) is 11.0. The molecule has 1 aromatic carbocycles. The summed E-state index contributed by atoms with van der Waals surface area (Å²) in [6.45, 7) is 1.09. The molecule has 0 radical (unpaired) electrons. The predicted molar refractivity (Wildman–Crippen MR) is 123 cm³/mol. The van der Waals surface area contributed by atoms with Crippen molar-refractivity contribution in [3.8, 4) is 0 Å². The maximum Gasteiger partial charge on any atom is 0.434 e. The van der Waals surface area contributed by atoms with E-state index in [1.54, 1.807) is 7.05 Å². The van der Waals surface area contributed by atoms with Gasteiger partial charge in [0.2, 0.25) is 0 Å². The third-order valence-corrected chi connectivity index (χ3v) is 5.26. The summed E-state index contributed by atoms with van der Waals surface area (Å²) in [5.41, 5.74) is 1.33. The molecule has 0 spiro atoms. The molecule has 0 atom stereocenters. The molecule has 3 aromatic rings. The Morgan fingerprint density at radius 1 is 1.24 bits per heavy atom. The Balaban J connectivity index is 0.00000300. The van der Waals surface area contributed by atoms with E-state index < -0.39 is 11.9 Å². The third kappa shape index (κ3) is 6.48. The number of alkyl halides is 3.